The second-order valence-electron chi connectivity index (χ2n) is 18.9. The molecule has 2 aromatic heterocycles. The van der Waals surface area contributed by atoms with Crippen LogP contribution in [0.2, 0.25) is 0 Å². The molecule has 5 N–H and O–H groups in total. The number of methoxy groups -OCH3 is 1. The molecule has 63 heavy (non-hydrogen) atoms. The first-order valence-corrected chi connectivity index (χ1v) is 22.4. The maximum absolute atomic E-state index is 14.3. The summed E-state index contributed by atoms with van der Waals surface area (Å²) < 4.78 is 4.91. The molecule has 4 heterocycles. The van der Waals surface area contributed by atoms with Crippen LogP contribution in [0, 0.1) is 11.8 Å². The molecule has 12 rings (SSSR count). The lowest BCUT2D eigenvalue weighted by Gasteiger charge is -2.53. The fourth-order valence-electron chi connectivity index (χ4n) is 12.0. The Hall–Kier alpha value is -6.44. The number of carbonyl (C=O) groups is 4. The second-order valence-corrected chi connectivity index (χ2v) is 18.9. The highest BCUT2D eigenvalue weighted by atomic mass is 16.5. The summed E-state index contributed by atoms with van der Waals surface area (Å²) >= 11 is 0. The van der Waals surface area contributed by atoms with Crippen LogP contribution in [0.4, 0.5) is 9.59 Å². The third-order valence-electron chi connectivity index (χ3n) is 15.6. The van der Waals surface area contributed by atoms with Gasteiger partial charge in [0.2, 0.25) is 0 Å². The van der Waals surface area contributed by atoms with E-state index in [9.17, 15) is 24.3 Å². The second kappa shape index (κ2) is 15.1. The summed E-state index contributed by atoms with van der Waals surface area (Å²) in [6.45, 7) is 0. The Morgan fingerprint density at radius 2 is 1.17 bits per heavy atom. The summed E-state index contributed by atoms with van der Waals surface area (Å²) in [5, 5.41) is 14.9. The summed E-state index contributed by atoms with van der Waals surface area (Å²) in [5.41, 5.74) is 5.93. The lowest BCUT2D eigenvalue weighted by Crippen LogP contribution is -2.46. The van der Waals surface area contributed by atoms with Gasteiger partial charge >= 0.3 is 12.2 Å². The number of piperidine rings is 2. The number of ether oxygens (including phenoxy) is 1. The zero-order chi connectivity index (χ0) is 43.0. The van der Waals surface area contributed by atoms with Crippen LogP contribution >= 0.6 is 0 Å². The van der Waals surface area contributed by atoms with Gasteiger partial charge in [-0.15, -0.1) is 0 Å². The standard InChI is InChI=1S/C49H52N8O6/c1-63-47(62)55-41(30-10-6-3-7-11-30)45(59)57-36-23-32(36)25-38(57)43-51-27-39(53-43)49-19-16-48(17-20-49,18-21-49)33-14-12-28(13-15-33)34-26-50-42(52-34)37-24-31-22-35(31)56(37)44(58)40(54-46(60)61)29-8-4-2-5-9-29/h2-15,26-27,31-32,35-38,40-41,54H,16-25H2,1H3,(H,50,52)(H,51,53)(H,55,62)(H,60,61)/t31-,32-,35-,36-,37+,38+,40-,41-,48?,49?/m1/s1. The summed E-state index contributed by atoms with van der Waals surface area (Å²) in [7, 11) is 1.31. The van der Waals surface area contributed by atoms with Gasteiger partial charge in [-0.05, 0) is 104 Å². The maximum Gasteiger partial charge on any atom is 0.407 e. The smallest absolute Gasteiger partial charge is 0.407 e. The average Bonchev–Trinajstić information content (AvgIpc) is 3.90. The van der Waals surface area contributed by atoms with Crippen molar-refractivity contribution >= 4 is 24.0 Å². The maximum atomic E-state index is 14.3. The number of hydrogen-bond acceptors (Lipinski definition) is 7. The van der Waals surface area contributed by atoms with Crippen molar-refractivity contribution in [2.24, 2.45) is 11.8 Å². The highest BCUT2D eigenvalue weighted by molar-refractivity contribution is 5.89. The predicted octanol–water partition coefficient (Wildman–Crippen LogP) is 7.77. The molecule has 5 saturated carbocycles. The van der Waals surface area contributed by atoms with Gasteiger partial charge in [-0.2, -0.15) is 0 Å². The van der Waals surface area contributed by atoms with Crippen molar-refractivity contribution in [2.45, 2.75) is 111 Å². The Bertz CT molecular complexity index is 2530. The van der Waals surface area contributed by atoms with Crippen molar-refractivity contribution in [1.29, 1.82) is 0 Å². The molecular weight excluding hydrogens is 797 g/mol. The van der Waals surface area contributed by atoms with Crippen LogP contribution in [0.1, 0.15) is 122 Å². The number of hydrogen-bond donors (Lipinski definition) is 5. The number of benzene rings is 3. The summed E-state index contributed by atoms with van der Waals surface area (Å²) in [6.07, 6.45) is 12.0. The van der Waals surface area contributed by atoms with Gasteiger partial charge in [-0.3, -0.25) is 9.59 Å². The summed E-state index contributed by atoms with van der Waals surface area (Å²) in [4.78, 5) is 73.4. The van der Waals surface area contributed by atoms with Crippen LogP contribution in [-0.4, -0.2) is 78.0 Å². The Kier molecular flexibility index (Phi) is 9.46. The first kappa shape index (κ1) is 39.4. The van der Waals surface area contributed by atoms with Crippen molar-refractivity contribution in [3.63, 3.8) is 0 Å². The third-order valence-corrected chi connectivity index (χ3v) is 15.6. The van der Waals surface area contributed by atoms with Crippen LogP contribution in [0.3, 0.4) is 0 Å². The molecule has 7 fully saturated rings. The molecule has 0 radical (unpaired) electrons. The van der Waals surface area contributed by atoms with Gasteiger partial charge in [0.05, 0.1) is 31.1 Å². The molecule has 2 bridgehead atoms. The number of aromatic amines is 2. The number of nitrogens with zero attached hydrogens (tertiary/aromatic N) is 4. The Balaban J connectivity index is 0.762. The van der Waals surface area contributed by atoms with Crippen molar-refractivity contribution in [1.82, 2.24) is 40.4 Å². The normalized spacial score (nSPS) is 29.6. The largest absolute Gasteiger partial charge is 0.465 e. The highest BCUT2D eigenvalue weighted by Gasteiger charge is 2.58. The van der Waals surface area contributed by atoms with Crippen LogP contribution in [-0.2, 0) is 25.2 Å². The van der Waals surface area contributed by atoms with E-state index < -0.39 is 24.3 Å². The minimum Gasteiger partial charge on any atom is -0.465 e. The number of amides is 4. The van der Waals surface area contributed by atoms with E-state index in [0.717, 1.165) is 92.7 Å². The molecule has 324 valence electrons. The van der Waals surface area contributed by atoms with Gasteiger partial charge in [-0.25, -0.2) is 19.6 Å². The van der Waals surface area contributed by atoms with Crippen LogP contribution < -0.4 is 10.6 Å². The minimum atomic E-state index is -1.24. The summed E-state index contributed by atoms with van der Waals surface area (Å²) in [6, 6.07) is 25.3. The first-order valence-electron chi connectivity index (χ1n) is 22.4. The molecule has 0 unspecified atom stereocenters. The minimum absolute atomic E-state index is 0.0233. The zero-order valence-electron chi connectivity index (χ0n) is 35.2. The number of H-pyrrole nitrogens is 2. The van der Waals surface area contributed by atoms with E-state index in [1.54, 1.807) is 12.1 Å². The summed E-state index contributed by atoms with van der Waals surface area (Å²) in [5.74, 6) is 2.01. The van der Waals surface area contributed by atoms with Crippen molar-refractivity contribution in [3.8, 4) is 11.3 Å². The van der Waals surface area contributed by atoms with E-state index in [0.29, 0.717) is 17.4 Å². The van der Waals surface area contributed by atoms with Gasteiger partial charge in [0.15, 0.2) is 0 Å². The molecular formula is C49H52N8O6. The number of carboxylic acid groups (broad SMARTS) is 1. The monoisotopic (exact) mass is 848 g/mol. The molecule has 3 aromatic carbocycles. The number of likely N-dealkylation sites (tertiary alicyclic amines) is 2. The van der Waals surface area contributed by atoms with E-state index >= 15 is 0 Å². The van der Waals surface area contributed by atoms with E-state index in [1.807, 2.05) is 70.7 Å². The number of fused-ring (bicyclic) bond motifs is 5. The lowest BCUT2D eigenvalue weighted by molar-refractivity contribution is -0.136. The van der Waals surface area contributed by atoms with Crippen molar-refractivity contribution in [3.05, 3.63) is 131 Å². The third kappa shape index (κ3) is 6.85. The molecule has 14 nitrogen and oxygen atoms in total. The van der Waals surface area contributed by atoms with Crippen molar-refractivity contribution in [2.75, 3.05) is 7.11 Å². The fraction of sp³-hybridized carbons (Fsp3) is 0.429. The molecule has 2 aliphatic heterocycles. The lowest BCUT2D eigenvalue weighted by atomic mass is 9.51. The van der Waals surface area contributed by atoms with E-state index in [2.05, 4.69) is 44.9 Å². The van der Waals surface area contributed by atoms with Crippen LogP contribution in [0.5, 0.6) is 0 Å². The zero-order valence-corrected chi connectivity index (χ0v) is 35.2. The van der Waals surface area contributed by atoms with E-state index in [4.69, 9.17) is 14.7 Å². The molecule has 5 aromatic rings. The topological polar surface area (TPSA) is 186 Å². The first-order chi connectivity index (χ1) is 30.6. The molecule has 7 aliphatic rings. The van der Waals surface area contributed by atoms with Crippen LogP contribution in [0.25, 0.3) is 11.3 Å². The molecule has 14 heteroatoms. The van der Waals surface area contributed by atoms with Gasteiger partial charge in [0, 0.05) is 29.4 Å². The van der Waals surface area contributed by atoms with Gasteiger partial charge < -0.3 is 40.2 Å². The van der Waals surface area contributed by atoms with Crippen LogP contribution in [0.15, 0.2) is 97.3 Å². The number of nitrogens with one attached hydrogen (secondary N) is 4. The predicted molar refractivity (Wildman–Crippen MR) is 231 cm³/mol. The molecule has 4 amide bonds. The van der Waals surface area contributed by atoms with E-state index in [1.165, 1.54) is 18.4 Å². The molecule has 5 aliphatic carbocycles. The van der Waals surface area contributed by atoms with Crippen molar-refractivity contribution < 1.29 is 29.0 Å². The Labute approximate surface area is 365 Å². The van der Waals surface area contributed by atoms with Gasteiger partial charge in [0.1, 0.15) is 23.7 Å². The molecule has 8 atom stereocenters. The number of aromatic nitrogens is 4. The number of carbonyl (C=O) groups excluding carboxylic acids is 3. The van der Waals surface area contributed by atoms with Gasteiger partial charge in [0.25, 0.3) is 11.8 Å². The number of rotatable bonds is 11. The Morgan fingerprint density at radius 3 is 1.71 bits per heavy atom. The molecule has 0 spiro atoms. The van der Waals surface area contributed by atoms with E-state index in [-0.39, 0.29) is 46.8 Å². The number of imidazole rings is 2. The number of alkyl carbamates (subject to hydrolysis) is 1. The highest BCUT2D eigenvalue weighted by Crippen LogP contribution is 2.59. The average molecular weight is 849 g/mol. The fourth-order valence-corrected chi connectivity index (χ4v) is 12.0. The van der Waals surface area contributed by atoms with Gasteiger partial charge in [-0.1, -0.05) is 84.9 Å². The Morgan fingerprint density at radius 1 is 0.667 bits per heavy atom. The molecule has 2 saturated heterocycles. The SMILES string of the molecule is COC(=O)N[C@@H](C(=O)N1[C@@H]2C[C@@H]2C[C@H]1c1ncc(C23CCC(c4ccc(-c5cnc([C@@H]6C[C@H]7C[C@H]7N6C(=O)[C@H](NC(=O)O)c6ccccc6)[nH]5)cc4)(CC2)CC3)[nH]1)c1ccccc1. The quantitative estimate of drug-likeness (QED) is 0.0892.